The van der Waals surface area contributed by atoms with Gasteiger partial charge in [0.1, 0.15) is 0 Å². The van der Waals surface area contributed by atoms with Crippen LogP contribution in [0.3, 0.4) is 0 Å². The molecule has 0 radical (unpaired) electrons. The summed E-state index contributed by atoms with van der Waals surface area (Å²) in [6.45, 7) is 1.92. The van der Waals surface area contributed by atoms with Crippen LogP contribution in [0.5, 0.6) is 0 Å². The van der Waals surface area contributed by atoms with Crippen molar-refractivity contribution in [2.45, 2.75) is 25.7 Å². The lowest BCUT2D eigenvalue weighted by atomic mass is 10.1. The van der Waals surface area contributed by atoms with Crippen molar-refractivity contribution in [2.24, 2.45) is 5.10 Å². The SMILES string of the molecule is O=C1Nc2ccccc2/C1=N/NC(=S)N1CCCCCC1. The lowest BCUT2D eigenvalue weighted by Gasteiger charge is -2.22. The minimum Gasteiger partial charge on any atom is -0.348 e. The van der Waals surface area contributed by atoms with Crippen LogP contribution in [0.1, 0.15) is 31.2 Å². The van der Waals surface area contributed by atoms with Crippen LogP contribution in [0.4, 0.5) is 5.69 Å². The number of carbonyl (C=O) groups is 1. The second-order valence-electron chi connectivity index (χ2n) is 5.28. The van der Waals surface area contributed by atoms with Gasteiger partial charge < -0.3 is 10.2 Å². The number of para-hydroxylation sites is 1. The highest BCUT2D eigenvalue weighted by molar-refractivity contribution is 7.80. The number of rotatable bonds is 1. The zero-order valence-corrected chi connectivity index (χ0v) is 12.6. The molecule has 21 heavy (non-hydrogen) atoms. The molecule has 1 aromatic carbocycles. The van der Waals surface area contributed by atoms with E-state index in [1.807, 2.05) is 24.3 Å². The molecule has 0 saturated carbocycles. The number of nitrogens with zero attached hydrogens (tertiary/aromatic N) is 2. The van der Waals surface area contributed by atoms with Crippen LogP contribution < -0.4 is 10.7 Å². The first-order chi connectivity index (χ1) is 10.3. The minimum absolute atomic E-state index is 0.192. The summed E-state index contributed by atoms with van der Waals surface area (Å²) in [4.78, 5) is 14.1. The number of hydrogen-bond acceptors (Lipinski definition) is 3. The quantitative estimate of drug-likeness (QED) is 0.616. The standard InChI is InChI=1S/C15H18N4OS/c20-14-13(11-7-3-4-8-12(11)16-14)17-18-15(21)19-9-5-1-2-6-10-19/h3-4,7-8H,1-2,5-6,9-10H2,(H,18,21)(H,16,17,20). The predicted octanol–water partition coefficient (Wildman–Crippen LogP) is 2.09. The average molecular weight is 302 g/mol. The van der Waals surface area contributed by atoms with E-state index in [1.165, 1.54) is 12.8 Å². The number of likely N-dealkylation sites (tertiary alicyclic amines) is 1. The summed E-state index contributed by atoms with van der Waals surface area (Å²) in [5, 5.41) is 7.62. The smallest absolute Gasteiger partial charge is 0.276 e. The van der Waals surface area contributed by atoms with E-state index >= 15 is 0 Å². The maximum absolute atomic E-state index is 11.9. The van der Waals surface area contributed by atoms with Crippen molar-refractivity contribution in [1.29, 1.82) is 0 Å². The Morgan fingerprint density at radius 3 is 2.67 bits per heavy atom. The molecule has 2 aliphatic heterocycles. The summed E-state index contributed by atoms with van der Waals surface area (Å²) in [5.41, 5.74) is 4.88. The van der Waals surface area contributed by atoms with E-state index in [2.05, 4.69) is 20.7 Å². The van der Waals surface area contributed by atoms with E-state index in [-0.39, 0.29) is 5.91 Å². The number of anilines is 1. The number of hydrogen-bond donors (Lipinski definition) is 2. The van der Waals surface area contributed by atoms with Gasteiger partial charge in [0.15, 0.2) is 10.8 Å². The summed E-state index contributed by atoms with van der Waals surface area (Å²) >= 11 is 5.38. The van der Waals surface area contributed by atoms with Gasteiger partial charge >= 0.3 is 0 Å². The Morgan fingerprint density at radius 2 is 1.90 bits per heavy atom. The summed E-state index contributed by atoms with van der Waals surface area (Å²) in [5.74, 6) is -0.192. The molecule has 3 rings (SSSR count). The highest BCUT2D eigenvalue weighted by atomic mass is 32.1. The molecule has 0 aromatic heterocycles. The number of thiocarbonyl (C=S) groups is 1. The van der Waals surface area contributed by atoms with Gasteiger partial charge in [-0.15, -0.1) is 0 Å². The van der Waals surface area contributed by atoms with E-state index < -0.39 is 0 Å². The third kappa shape index (κ3) is 3.05. The molecule has 2 N–H and O–H groups in total. The van der Waals surface area contributed by atoms with E-state index in [1.54, 1.807) is 0 Å². The molecular weight excluding hydrogens is 284 g/mol. The van der Waals surface area contributed by atoms with Gasteiger partial charge in [-0.2, -0.15) is 5.10 Å². The molecule has 0 spiro atoms. The predicted molar refractivity (Wildman–Crippen MR) is 87.4 cm³/mol. The number of hydrazone groups is 1. The third-order valence-corrected chi connectivity index (χ3v) is 4.15. The maximum Gasteiger partial charge on any atom is 0.276 e. The van der Waals surface area contributed by atoms with Crippen molar-refractivity contribution in [3.8, 4) is 0 Å². The van der Waals surface area contributed by atoms with Gasteiger partial charge in [-0.3, -0.25) is 10.2 Å². The molecule has 2 heterocycles. The number of carbonyl (C=O) groups excluding carboxylic acids is 1. The Kier molecular flexibility index (Phi) is 4.15. The molecule has 1 fully saturated rings. The minimum atomic E-state index is -0.192. The highest BCUT2D eigenvalue weighted by Crippen LogP contribution is 2.22. The summed E-state index contributed by atoms with van der Waals surface area (Å²) in [6, 6.07) is 7.52. The van der Waals surface area contributed by atoms with Crippen molar-refractivity contribution >= 4 is 34.6 Å². The van der Waals surface area contributed by atoms with Crippen LogP contribution in [0.15, 0.2) is 29.4 Å². The van der Waals surface area contributed by atoms with Crippen molar-refractivity contribution in [1.82, 2.24) is 10.3 Å². The molecule has 2 aliphatic rings. The van der Waals surface area contributed by atoms with E-state index in [4.69, 9.17) is 12.2 Å². The van der Waals surface area contributed by atoms with Crippen LogP contribution in [0, 0.1) is 0 Å². The fourth-order valence-electron chi connectivity index (χ4n) is 2.66. The van der Waals surface area contributed by atoms with Gasteiger partial charge in [0.2, 0.25) is 0 Å². The lowest BCUT2D eigenvalue weighted by molar-refractivity contribution is -0.110. The number of nitrogens with one attached hydrogen (secondary N) is 2. The molecule has 6 heteroatoms. The largest absolute Gasteiger partial charge is 0.348 e. The van der Waals surface area contributed by atoms with Crippen LogP contribution >= 0.6 is 12.2 Å². The Bertz CT molecular complexity index is 591. The molecule has 0 aliphatic carbocycles. The van der Waals surface area contributed by atoms with Crippen molar-refractivity contribution in [3.63, 3.8) is 0 Å². The van der Waals surface area contributed by atoms with E-state index in [0.717, 1.165) is 37.2 Å². The molecular formula is C15H18N4OS. The van der Waals surface area contributed by atoms with Crippen molar-refractivity contribution in [2.75, 3.05) is 18.4 Å². The third-order valence-electron chi connectivity index (χ3n) is 3.80. The van der Waals surface area contributed by atoms with E-state index in [9.17, 15) is 4.79 Å². The van der Waals surface area contributed by atoms with E-state index in [0.29, 0.717) is 10.8 Å². The van der Waals surface area contributed by atoms with Gasteiger partial charge in [0.25, 0.3) is 5.91 Å². The molecule has 1 amide bonds. The van der Waals surface area contributed by atoms with Crippen LogP contribution in [0.25, 0.3) is 0 Å². The Hall–Kier alpha value is -1.95. The number of amides is 1. The molecule has 0 atom stereocenters. The normalized spacial score (nSPS) is 19.9. The molecule has 0 unspecified atom stereocenters. The second-order valence-corrected chi connectivity index (χ2v) is 5.67. The van der Waals surface area contributed by atoms with Gasteiger partial charge in [-0.25, -0.2) is 0 Å². The van der Waals surface area contributed by atoms with Gasteiger partial charge in [-0.05, 0) is 31.1 Å². The lowest BCUT2D eigenvalue weighted by Crippen LogP contribution is -2.38. The van der Waals surface area contributed by atoms with Gasteiger partial charge in [0.05, 0.1) is 5.69 Å². The first-order valence-corrected chi connectivity index (χ1v) is 7.70. The summed E-state index contributed by atoms with van der Waals surface area (Å²) in [6.07, 6.45) is 4.82. The topological polar surface area (TPSA) is 56.7 Å². The number of benzene rings is 1. The van der Waals surface area contributed by atoms with Crippen molar-refractivity contribution in [3.05, 3.63) is 29.8 Å². The Balaban J connectivity index is 1.71. The molecule has 1 saturated heterocycles. The first-order valence-electron chi connectivity index (χ1n) is 7.29. The second kappa shape index (κ2) is 6.22. The first kappa shape index (κ1) is 14.0. The van der Waals surface area contributed by atoms with Gasteiger partial charge in [-0.1, -0.05) is 31.0 Å². The zero-order valence-electron chi connectivity index (χ0n) is 11.8. The monoisotopic (exact) mass is 302 g/mol. The number of fused-ring (bicyclic) bond motifs is 1. The fourth-order valence-corrected chi connectivity index (χ4v) is 2.89. The average Bonchev–Trinajstić information content (AvgIpc) is 2.68. The van der Waals surface area contributed by atoms with Gasteiger partial charge in [0, 0.05) is 18.7 Å². The summed E-state index contributed by atoms with van der Waals surface area (Å²) in [7, 11) is 0. The maximum atomic E-state index is 11.9. The van der Waals surface area contributed by atoms with Crippen LogP contribution in [-0.2, 0) is 4.79 Å². The van der Waals surface area contributed by atoms with Crippen molar-refractivity contribution < 1.29 is 4.79 Å². The zero-order chi connectivity index (χ0) is 14.7. The Morgan fingerprint density at radius 1 is 1.19 bits per heavy atom. The van der Waals surface area contributed by atoms with Crippen LogP contribution in [0.2, 0.25) is 0 Å². The Labute approximate surface area is 129 Å². The fraction of sp³-hybridized carbons (Fsp3) is 0.400. The molecule has 0 bridgehead atoms. The molecule has 110 valence electrons. The highest BCUT2D eigenvalue weighted by Gasteiger charge is 2.25. The molecule has 5 nitrogen and oxygen atoms in total. The summed E-state index contributed by atoms with van der Waals surface area (Å²) < 4.78 is 0. The molecule has 1 aromatic rings. The van der Waals surface area contributed by atoms with Crippen LogP contribution in [-0.4, -0.2) is 34.7 Å².